The molecule has 0 aliphatic rings. The lowest BCUT2D eigenvalue weighted by molar-refractivity contribution is 1.18. The van der Waals surface area contributed by atoms with Crippen LogP contribution in [-0.4, -0.2) is 9.13 Å². The normalized spacial score (nSPS) is 11.9. The molecule has 2 nitrogen and oxygen atoms in total. The molecular formula is C48H34N2. The Labute approximate surface area is 291 Å². The van der Waals surface area contributed by atoms with Crippen molar-refractivity contribution >= 4 is 60.5 Å². The SMILES string of the molecule is C=C(C=C(C(=C)n1c2ccccc2c2ccc(-c3cccc(-n4c5ccccc5c5ccccc54)c3)cc21)c1ccccc1)c1ccccc1. The van der Waals surface area contributed by atoms with Gasteiger partial charge in [0.05, 0.1) is 22.1 Å². The number of nitrogens with zero attached hydrogens (tertiary/aromatic N) is 2. The minimum absolute atomic E-state index is 0.899. The van der Waals surface area contributed by atoms with Gasteiger partial charge in [-0.15, -0.1) is 0 Å². The van der Waals surface area contributed by atoms with Crippen LogP contribution in [-0.2, 0) is 0 Å². The minimum atomic E-state index is 0.899. The molecule has 2 heteroatoms. The van der Waals surface area contributed by atoms with E-state index in [1.54, 1.807) is 0 Å². The summed E-state index contributed by atoms with van der Waals surface area (Å²) in [5.41, 5.74) is 13.1. The third-order valence-corrected chi connectivity index (χ3v) is 9.82. The molecule has 9 aromatic rings. The number of aromatic nitrogens is 2. The molecule has 0 N–H and O–H groups in total. The van der Waals surface area contributed by atoms with Gasteiger partial charge in [-0.1, -0.05) is 153 Å². The first kappa shape index (κ1) is 29.5. The van der Waals surface area contributed by atoms with Crippen molar-refractivity contribution in [3.8, 4) is 16.8 Å². The fraction of sp³-hybridized carbons (Fsp3) is 0. The molecule has 0 unspecified atom stereocenters. The van der Waals surface area contributed by atoms with Gasteiger partial charge in [0, 0.05) is 38.5 Å². The van der Waals surface area contributed by atoms with Gasteiger partial charge < -0.3 is 9.13 Å². The van der Waals surface area contributed by atoms with Crippen LogP contribution in [0.5, 0.6) is 0 Å². The average Bonchev–Trinajstić information content (AvgIpc) is 3.70. The van der Waals surface area contributed by atoms with Crippen LogP contribution >= 0.6 is 0 Å². The Bertz CT molecular complexity index is 2720. The van der Waals surface area contributed by atoms with Gasteiger partial charge >= 0.3 is 0 Å². The van der Waals surface area contributed by atoms with Crippen LogP contribution in [0, 0.1) is 0 Å². The zero-order valence-electron chi connectivity index (χ0n) is 27.6. The van der Waals surface area contributed by atoms with E-state index in [9.17, 15) is 0 Å². The molecule has 0 saturated heterocycles. The van der Waals surface area contributed by atoms with E-state index >= 15 is 0 Å². The van der Waals surface area contributed by atoms with Crippen molar-refractivity contribution < 1.29 is 0 Å². The van der Waals surface area contributed by atoms with Crippen molar-refractivity contribution in [1.82, 2.24) is 9.13 Å². The Hall–Kier alpha value is -6.64. The second-order valence-electron chi connectivity index (χ2n) is 12.8. The first-order valence-corrected chi connectivity index (χ1v) is 17.0. The van der Waals surface area contributed by atoms with Crippen LogP contribution in [0.3, 0.4) is 0 Å². The van der Waals surface area contributed by atoms with Gasteiger partial charge in [-0.3, -0.25) is 0 Å². The van der Waals surface area contributed by atoms with Gasteiger partial charge in [0.2, 0.25) is 0 Å². The van der Waals surface area contributed by atoms with E-state index in [0.717, 1.165) is 55.8 Å². The average molecular weight is 639 g/mol. The van der Waals surface area contributed by atoms with Crippen LogP contribution in [0.25, 0.3) is 77.3 Å². The summed E-state index contributed by atoms with van der Waals surface area (Å²) >= 11 is 0. The third kappa shape index (κ3) is 4.89. The van der Waals surface area contributed by atoms with Gasteiger partial charge in [0.15, 0.2) is 0 Å². The fourth-order valence-electron chi connectivity index (χ4n) is 7.45. The highest BCUT2D eigenvalue weighted by molar-refractivity contribution is 6.15. The maximum atomic E-state index is 4.78. The molecule has 0 spiro atoms. The predicted octanol–water partition coefficient (Wildman–Crippen LogP) is 12.8. The summed E-state index contributed by atoms with van der Waals surface area (Å²) in [4.78, 5) is 0. The molecule has 9 rings (SSSR count). The molecule has 0 aliphatic heterocycles. The second kappa shape index (κ2) is 12.1. The lowest BCUT2D eigenvalue weighted by atomic mass is 9.97. The molecule has 236 valence electrons. The summed E-state index contributed by atoms with van der Waals surface area (Å²) in [7, 11) is 0. The van der Waals surface area contributed by atoms with Gasteiger partial charge in [0.25, 0.3) is 0 Å². The number of hydrogen-bond donors (Lipinski definition) is 0. The quantitative estimate of drug-likeness (QED) is 0.154. The highest BCUT2D eigenvalue weighted by atomic mass is 15.0. The van der Waals surface area contributed by atoms with Crippen LogP contribution in [0.1, 0.15) is 11.1 Å². The largest absolute Gasteiger partial charge is 0.309 e. The Morgan fingerprint density at radius 3 is 1.60 bits per heavy atom. The maximum absolute atomic E-state index is 4.78. The summed E-state index contributed by atoms with van der Waals surface area (Å²) in [6, 6.07) is 62.5. The van der Waals surface area contributed by atoms with E-state index in [-0.39, 0.29) is 0 Å². The molecule has 2 heterocycles. The number of rotatable bonds is 7. The number of fused-ring (bicyclic) bond motifs is 6. The number of para-hydroxylation sites is 3. The van der Waals surface area contributed by atoms with E-state index in [4.69, 9.17) is 6.58 Å². The smallest absolute Gasteiger partial charge is 0.0547 e. The van der Waals surface area contributed by atoms with Crippen molar-refractivity contribution in [2.45, 2.75) is 0 Å². The lowest BCUT2D eigenvalue weighted by Gasteiger charge is -2.17. The molecule has 0 fully saturated rings. The maximum Gasteiger partial charge on any atom is 0.0547 e. The van der Waals surface area contributed by atoms with Crippen molar-refractivity contribution in [2.24, 2.45) is 0 Å². The molecular weight excluding hydrogens is 605 g/mol. The zero-order chi connectivity index (χ0) is 33.6. The molecule has 0 saturated carbocycles. The molecule has 2 aromatic heterocycles. The third-order valence-electron chi connectivity index (χ3n) is 9.82. The Balaban J connectivity index is 1.22. The first-order valence-electron chi connectivity index (χ1n) is 17.0. The number of allylic oxidation sites excluding steroid dienone is 4. The molecule has 0 bridgehead atoms. The van der Waals surface area contributed by atoms with Crippen LogP contribution in [0.2, 0.25) is 0 Å². The van der Waals surface area contributed by atoms with Gasteiger partial charge in [-0.2, -0.15) is 0 Å². The van der Waals surface area contributed by atoms with Crippen molar-refractivity contribution in [3.05, 3.63) is 206 Å². The first-order chi connectivity index (χ1) is 24.7. The van der Waals surface area contributed by atoms with Crippen molar-refractivity contribution in [1.29, 1.82) is 0 Å². The van der Waals surface area contributed by atoms with Crippen LogP contribution in [0.15, 0.2) is 195 Å². The molecule has 50 heavy (non-hydrogen) atoms. The van der Waals surface area contributed by atoms with Gasteiger partial charge in [0.1, 0.15) is 0 Å². The van der Waals surface area contributed by atoms with E-state index in [2.05, 4.69) is 192 Å². The van der Waals surface area contributed by atoms with Crippen LogP contribution in [0.4, 0.5) is 0 Å². The highest BCUT2D eigenvalue weighted by Gasteiger charge is 2.18. The molecule has 0 aliphatic carbocycles. The highest BCUT2D eigenvalue weighted by Crippen LogP contribution is 2.39. The fourth-order valence-corrected chi connectivity index (χ4v) is 7.45. The number of hydrogen-bond acceptors (Lipinski definition) is 0. The van der Waals surface area contributed by atoms with Crippen molar-refractivity contribution in [2.75, 3.05) is 0 Å². The molecule has 0 amide bonds. The summed E-state index contributed by atoms with van der Waals surface area (Å²) in [6.45, 7) is 9.25. The topological polar surface area (TPSA) is 9.86 Å². The van der Waals surface area contributed by atoms with E-state index in [1.165, 1.54) is 32.6 Å². The number of benzene rings is 7. The molecule has 0 radical (unpaired) electrons. The monoisotopic (exact) mass is 638 g/mol. The standard InChI is InChI=1S/C48H34N2/c1-33(35-16-5-3-6-17-35)30-44(36-18-7-4-8-19-36)34(2)49-45-25-12-9-24-42(45)43-29-28-38(32-48(43)49)37-20-15-21-39(31-37)50-46-26-13-10-22-40(46)41-23-11-14-27-47(41)50/h3-32H,1-2H2. The van der Waals surface area contributed by atoms with E-state index in [0.29, 0.717) is 0 Å². The van der Waals surface area contributed by atoms with Gasteiger partial charge in [-0.05, 0) is 70.3 Å². The second-order valence-corrected chi connectivity index (χ2v) is 12.8. The predicted molar refractivity (Wildman–Crippen MR) is 214 cm³/mol. The molecule has 7 aromatic carbocycles. The Morgan fingerprint density at radius 1 is 0.420 bits per heavy atom. The molecule has 0 atom stereocenters. The minimum Gasteiger partial charge on any atom is -0.309 e. The lowest BCUT2D eigenvalue weighted by Crippen LogP contribution is -2.00. The summed E-state index contributed by atoms with van der Waals surface area (Å²) in [5.74, 6) is 0. The summed E-state index contributed by atoms with van der Waals surface area (Å²) in [6.07, 6.45) is 2.17. The summed E-state index contributed by atoms with van der Waals surface area (Å²) < 4.78 is 4.70. The zero-order valence-corrected chi connectivity index (χ0v) is 27.6. The van der Waals surface area contributed by atoms with E-state index < -0.39 is 0 Å². The summed E-state index contributed by atoms with van der Waals surface area (Å²) in [5, 5.41) is 4.91. The van der Waals surface area contributed by atoms with Crippen LogP contribution < -0.4 is 0 Å². The van der Waals surface area contributed by atoms with E-state index in [1.807, 2.05) is 6.07 Å². The van der Waals surface area contributed by atoms with Gasteiger partial charge in [-0.25, -0.2) is 0 Å². The Morgan fingerprint density at radius 2 is 0.940 bits per heavy atom. The Kier molecular flexibility index (Phi) is 7.14. The van der Waals surface area contributed by atoms with Crippen molar-refractivity contribution in [3.63, 3.8) is 0 Å².